The molecule has 0 amide bonds. The van der Waals surface area contributed by atoms with Crippen molar-refractivity contribution >= 4 is 33.7 Å². The first-order valence-electron chi connectivity index (χ1n) is 9.97. The van der Waals surface area contributed by atoms with Crippen LogP contribution in [0.25, 0.3) is 0 Å². The molecule has 0 aliphatic carbocycles. The van der Waals surface area contributed by atoms with Crippen molar-refractivity contribution in [2.75, 3.05) is 19.5 Å². The molecule has 1 N–H and O–H groups in total. The molecule has 158 valence electrons. The molecule has 1 aromatic heterocycles. The number of methoxy groups -OCH3 is 2. The molecule has 0 fully saturated rings. The fourth-order valence-corrected chi connectivity index (χ4v) is 5.03. The Labute approximate surface area is 187 Å². The van der Waals surface area contributed by atoms with E-state index in [0.29, 0.717) is 27.2 Å². The lowest BCUT2D eigenvalue weighted by atomic mass is 9.77. The fourth-order valence-electron chi connectivity index (χ4n) is 3.59. The van der Waals surface area contributed by atoms with Crippen LogP contribution in [0.5, 0.6) is 11.5 Å². The maximum Gasteiger partial charge on any atom is 0.210 e. The zero-order valence-corrected chi connectivity index (χ0v) is 19.4. The van der Waals surface area contributed by atoms with Crippen LogP contribution in [-0.4, -0.2) is 29.4 Å². The first-order valence-corrected chi connectivity index (χ1v) is 11.2. The van der Waals surface area contributed by atoms with Gasteiger partial charge in [0.25, 0.3) is 0 Å². The highest BCUT2D eigenvalue weighted by Crippen LogP contribution is 2.38. The lowest BCUT2D eigenvalue weighted by molar-refractivity contribution is 0.388. The Morgan fingerprint density at radius 3 is 2.17 bits per heavy atom. The highest BCUT2D eigenvalue weighted by Gasteiger charge is 2.33. The SMILES string of the molecule is CCC(CC)(Cc1ccccc1)c1nnc(NC(=S)c2c(OC)cccc2OC)s1. The van der Waals surface area contributed by atoms with Crippen molar-refractivity contribution in [3.8, 4) is 11.5 Å². The molecular formula is C23H27N3O2S2. The number of thiocarbonyl (C=S) groups is 1. The largest absolute Gasteiger partial charge is 0.496 e. The van der Waals surface area contributed by atoms with Crippen LogP contribution >= 0.6 is 23.6 Å². The average Bonchev–Trinajstić information content (AvgIpc) is 3.26. The predicted molar refractivity (Wildman–Crippen MR) is 127 cm³/mol. The molecule has 0 radical (unpaired) electrons. The van der Waals surface area contributed by atoms with Crippen LogP contribution in [0.3, 0.4) is 0 Å². The van der Waals surface area contributed by atoms with Gasteiger partial charge in [-0.2, -0.15) is 0 Å². The number of benzene rings is 2. The molecule has 0 aliphatic heterocycles. The van der Waals surface area contributed by atoms with E-state index >= 15 is 0 Å². The van der Waals surface area contributed by atoms with Crippen molar-refractivity contribution < 1.29 is 9.47 Å². The molecule has 2 aromatic carbocycles. The van der Waals surface area contributed by atoms with Crippen molar-refractivity contribution in [1.82, 2.24) is 10.2 Å². The highest BCUT2D eigenvalue weighted by molar-refractivity contribution is 7.81. The van der Waals surface area contributed by atoms with Gasteiger partial charge in [-0.05, 0) is 37.0 Å². The van der Waals surface area contributed by atoms with E-state index in [4.69, 9.17) is 21.7 Å². The van der Waals surface area contributed by atoms with E-state index in [1.807, 2.05) is 24.3 Å². The average molecular weight is 442 g/mol. The van der Waals surface area contributed by atoms with Crippen molar-refractivity contribution in [3.05, 3.63) is 64.7 Å². The van der Waals surface area contributed by atoms with Crippen LogP contribution in [0, 0.1) is 0 Å². The van der Waals surface area contributed by atoms with Crippen LogP contribution in [-0.2, 0) is 11.8 Å². The van der Waals surface area contributed by atoms with Gasteiger partial charge in [-0.15, -0.1) is 10.2 Å². The van der Waals surface area contributed by atoms with Crippen molar-refractivity contribution in [2.24, 2.45) is 0 Å². The molecule has 0 atom stereocenters. The van der Waals surface area contributed by atoms with E-state index in [1.165, 1.54) is 5.56 Å². The van der Waals surface area contributed by atoms with Gasteiger partial charge in [0.05, 0.1) is 19.8 Å². The third kappa shape index (κ3) is 4.63. The summed E-state index contributed by atoms with van der Waals surface area (Å²) in [6.45, 7) is 4.43. The molecular weight excluding hydrogens is 414 g/mol. The lowest BCUT2D eigenvalue weighted by Gasteiger charge is -2.29. The summed E-state index contributed by atoms with van der Waals surface area (Å²) < 4.78 is 10.9. The predicted octanol–water partition coefficient (Wildman–Crippen LogP) is 5.64. The number of ether oxygens (including phenoxy) is 2. The Hall–Kier alpha value is -2.51. The van der Waals surface area contributed by atoms with Gasteiger partial charge in [-0.1, -0.05) is 73.8 Å². The van der Waals surface area contributed by atoms with Crippen molar-refractivity contribution in [2.45, 2.75) is 38.5 Å². The van der Waals surface area contributed by atoms with Gasteiger partial charge in [0, 0.05) is 5.41 Å². The molecule has 5 nitrogen and oxygen atoms in total. The van der Waals surface area contributed by atoms with E-state index in [1.54, 1.807) is 25.6 Å². The Morgan fingerprint density at radius 1 is 0.967 bits per heavy atom. The molecule has 7 heteroatoms. The van der Waals surface area contributed by atoms with Crippen LogP contribution < -0.4 is 14.8 Å². The van der Waals surface area contributed by atoms with E-state index in [9.17, 15) is 0 Å². The first kappa shape index (κ1) is 22.2. The fraction of sp³-hybridized carbons (Fsp3) is 0.348. The second-order valence-corrected chi connectivity index (χ2v) is 8.44. The number of nitrogens with one attached hydrogen (secondary N) is 1. The molecule has 1 heterocycles. The van der Waals surface area contributed by atoms with E-state index < -0.39 is 0 Å². The third-order valence-corrected chi connectivity index (χ3v) is 6.88. The summed E-state index contributed by atoms with van der Waals surface area (Å²) in [5.74, 6) is 1.30. The van der Waals surface area contributed by atoms with E-state index in [0.717, 1.165) is 24.3 Å². The number of rotatable bonds is 9. The summed E-state index contributed by atoms with van der Waals surface area (Å²) in [5, 5.41) is 13.8. The second kappa shape index (κ2) is 10.00. The van der Waals surface area contributed by atoms with Crippen LogP contribution in [0.2, 0.25) is 0 Å². The maximum atomic E-state index is 5.64. The smallest absolute Gasteiger partial charge is 0.210 e. The van der Waals surface area contributed by atoms with Gasteiger partial charge < -0.3 is 14.8 Å². The third-order valence-electron chi connectivity index (χ3n) is 5.49. The summed E-state index contributed by atoms with van der Waals surface area (Å²) in [7, 11) is 3.23. The second-order valence-electron chi connectivity index (χ2n) is 7.05. The van der Waals surface area contributed by atoms with Crippen LogP contribution in [0.1, 0.15) is 42.8 Å². The van der Waals surface area contributed by atoms with Crippen molar-refractivity contribution in [3.63, 3.8) is 0 Å². The lowest BCUT2D eigenvalue weighted by Crippen LogP contribution is -2.27. The van der Waals surface area contributed by atoms with Gasteiger partial charge in [-0.3, -0.25) is 0 Å². The Balaban J connectivity index is 1.86. The molecule has 0 spiro atoms. The Morgan fingerprint density at radius 2 is 1.60 bits per heavy atom. The number of anilines is 1. The zero-order valence-electron chi connectivity index (χ0n) is 17.8. The van der Waals surface area contributed by atoms with Gasteiger partial charge >= 0.3 is 0 Å². The van der Waals surface area contributed by atoms with Gasteiger partial charge in [0.2, 0.25) is 5.13 Å². The minimum atomic E-state index is -0.0529. The number of nitrogens with zero attached hydrogens (tertiary/aromatic N) is 2. The minimum absolute atomic E-state index is 0.0529. The standard InChI is InChI=1S/C23H27N3O2S2/c1-5-23(6-2,15-16-11-8-7-9-12-16)21-25-26-22(30-21)24-20(29)19-17(27-3)13-10-14-18(19)28-4/h7-14H,5-6,15H2,1-4H3,(H,24,26,29). The topological polar surface area (TPSA) is 56.3 Å². The van der Waals surface area contributed by atoms with E-state index in [2.05, 4.69) is 53.6 Å². The number of hydrogen-bond acceptors (Lipinski definition) is 6. The molecule has 3 rings (SSSR count). The van der Waals surface area contributed by atoms with Crippen LogP contribution in [0.4, 0.5) is 5.13 Å². The molecule has 0 aliphatic rings. The van der Waals surface area contributed by atoms with Gasteiger partial charge in [0.15, 0.2) is 0 Å². The maximum absolute atomic E-state index is 5.64. The normalized spacial score (nSPS) is 11.2. The number of hydrogen-bond donors (Lipinski definition) is 1. The summed E-state index contributed by atoms with van der Waals surface area (Å²) >= 11 is 7.20. The minimum Gasteiger partial charge on any atom is -0.496 e. The zero-order chi connectivity index (χ0) is 21.6. The molecule has 0 unspecified atom stereocenters. The first-order chi connectivity index (χ1) is 14.6. The van der Waals surface area contributed by atoms with Gasteiger partial charge in [0.1, 0.15) is 21.5 Å². The van der Waals surface area contributed by atoms with Gasteiger partial charge in [-0.25, -0.2) is 0 Å². The molecule has 3 aromatic rings. The molecule has 0 bridgehead atoms. The monoisotopic (exact) mass is 441 g/mol. The Bertz CT molecular complexity index is 963. The number of aromatic nitrogens is 2. The summed E-state index contributed by atoms with van der Waals surface area (Å²) in [5.41, 5.74) is 1.96. The Kier molecular flexibility index (Phi) is 7.39. The quantitative estimate of drug-likeness (QED) is 0.434. The molecule has 0 saturated carbocycles. The summed E-state index contributed by atoms with van der Waals surface area (Å²) in [6, 6.07) is 16.1. The van der Waals surface area contributed by atoms with E-state index in [-0.39, 0.29) is 5.41 Å². The highest BCUT2D eigenvalue weighted by atomic mass is 32.1. The molecule has 30 heavy (non-hydrogen) atoms. The summed E-state index contributed by atoms with van der Waals surface area (Å²) in [6.07, 6.45) is 2.90. The van der Waals surface area contributed by atoms with Crippen LogP contribution in [0.15, 0.2) is 48.5 Å². The summed E-state index contributed by atoms with van der Waals surface area (Å²) in [4.78, 5) is 0.494. The van der Waals surface area contributed by atoms with Crippen molar-refractivity contribution in [1.29, 1.82) is 0 Å². The molecule has 0 saturated heterocycles.